The lowest BCUT2D eigenvalue weighted by Gasteiger charge is -2.27. The fourth-order valence-electron chi connectivity index (χ4n) is 6.94. The molecular formula is C45H38FN3. The molecule has 0 aliphatic rings. The molecule has 0 aliphatic heterocycles. The van der Waals surface area contributed by atoms with Gasteiger partial charge >= 0.3 is 0 Å². The summed E-state index contributed by atoms with van der Waals surface area (Å²) in [4.78, 5) is 2.10. The molecule has 0 saturated carbocycles. The lowest BCUT2D eigenvalue weighted by Crippen LogP contribution is -2.15. The van der Waals surface area contributed by atoms with Gasteiger partial charge in [0.25, 0.3) is 0 Å². The zero-order valence-electron chi connectivity index (χ0n) is 27.9. The van der Waals surface area contributed by atoms with E-state index in [4.69, 9.17) is 0 Å². The van der Waals surface area contributed by atoms with Crippen LogP contribution in [-0.2, 0) is 6.42 Å². The average molecular weight is 640 g/mol. The average Bonchev–Trinajstić information content (AvgIpc) is 3.58. The molecule has 0 amide bonds. The van der Waals surface area contributed by atoms with Crippen LogP contribution >= 0.6 is 0 Å². The largest absolute Gasteiger partial charge is 0.314 e. The number of hydrogen-bond acceptors (Lipinski definition) is 1. The predicted molar refractivity (Wildman–Crippen MR) is 206 cm³/mol. The van der Waals surface area contributed by atoms with Gasteiger partial charge in [-0.15, -0.1) is 0 Å². The maximum absolute atomic E-state index is 14.8. The molecule has 0 N–H and O–H groups in total. The van der Waals surface area contributed by atoms with Crippen LogP contribution in [0.4, 0.5) is 15.8 Å². The summed E-state index contributed by atoms with van der Waals surface area (Å²) in [5.74, 6) is -0.294. The van der Waals surface area contributed by atoms with Crippen LogP contribution in [0.2, 0.25) is 0 Å². The molecule has 0 spiro atoms. The highest BCUT2D eigenvalue weighted by Crippen LogP contribution is 2.38. The van der Waals surface area contributed by atoms with Crippen LogP contribution < -0.4 is 4.90 Å². The van der Waals surface area contributed by atoms with Gasteiger partial charge in [0, 0.05) is 50.6 Å². The summed E-state index contributed by atoms with van der Waals surface area (Å²) in [6, 6.07) is 42.6. The second-order valence-electron chi connectivity index (χ2n) is 12.1. The molecule has 5 aromatic carbocycles. The van der Waals surface area contributed by atoms with Gasteiger partial charge in [0.1, 0.15) is 5.82 Å². The Kier molecular flexibility index (Phi) is 8.70. The molecule has 7 aromatic rings. The Labute approximate surface area is 287 Å². The summed E-state index contributed by atoms with van der Waals surface area (Å²) in [7, 11) is 0. The molecule has 0 aliphatic carbocycles. The summed E-state index contributed by atoms with van der Waals surface area (Å²) < 4.78 is 19.4. The lowest BCUT2D eigenvalue weighted by molar-refractivity contribution is 0.628. The number of anilines is 2. The number of benzene rings is 5. The van der Waals surface area contributed by atoms with E-state index in [9.17, 15) is 4.39 Å². The fourth-order valence-corrected chi connectivity index (χ4v) is 6.94. The number of nitrogens with zero attached hydrogens (tertiary/aromatic N) is 3. The first-order valence-electron chi connectivity index (χ1n) is 16.5. The third-order valence-corrected chi connectivity index (χ3v) is 9.22. The van der Waals surface area contributed by atoms with Gasteiger partial charge in [-0.05, 0) is 110 Å². The van der Waals surface area contributed by atoms with Crippen LogP contribution in [0.3, 0.4) is 0 Å². The number of fused-ring (bicyclic) bond motifs is 2. The molecule has 7 rings (SSSR count). The van der Waals surface area contributed by atoms with E-state index in [1.54, 1.807) is 18.2 Å². The molecule has 0 atom stereocenters. The van der Waals surface area contributed by atoms with Gasteiger partial charge in [-0.3, -0.25) is 0 Å². The van der Waals surface area contributed by atoms with Crippen molar-refractivity contribution in [3.05, 3.63) is 199 Å². The minimum absolute atomic E-state index is 0.294. The van der Waals surface area contributed by atoms with Gasteiger partial charge < -0.3 is 14.0 Å². The molecule has 2 heterocycles. The molecule has 240 valence electrons. The summed E-state index contributed by atoms with van der Waals surface area (Å²) >= 11 is 0. The van der Waals surface area contributed by atoms with Crippen molar-refractivity contribution in [2.45, 2.75) is 20.3 Å². The molecular weight excluding hydrogens is 602 g/mol. The third kappa shape index (κ3) is 5.83. The van der Waals surface area contributed by atoms with E-state index in [0.29, 0.717) is 6.42 Å². The summed E-state index contributed by atoms with van der Waals surface area (Å²) in [6.07, 6.45) is 10.6. The first-order chi connectivity index (χ1) is 24.0. The molecule has 0 unspecified atom stereocenters. The van der Waals surface area contributed by atoms with Gasteiger partial charge in [0.05, 0.1) is 11.0 Å². The van der Waals surface area contributed by atoms with E-state index in [1.165, 1.54) is 28.2 Å². The normalized spacial score (nSPS) is 11.9. The van der Waals surface area contributed by atoms with Gasteiger partial charge in [-0.1, -0.05) is 92.0 Å². The lowest BCUT2D eigenvalue weighted by atomic mass is 10.1. The van der Waals surface area contributed by atoms with Crippen LogP contribution in [0.1, 0.15) is 22.5 Å². The van der Waals surface area contributed by atoms with Crippen molar-refractivity contribution < 1.29 is 4.39 Å². The quantitative estimate of drug-likeness (QED) is 0.136. The van der Waals surface area contributed by atoms with Gasteiger partial charge in [0.2, 0.25) is 0 Å². The number of aryl methyl sites for hydroxylation is 1. The summed E-state index contributed by atoms with van der Waals surface area (Å²) in [5, 5.41) is 2.32. The standard InChI is InChI=1S/C45H38FN3/c1-5-7-24-43-32(3)42-31-39(27-29-45(42)49(43)37-20-12-9-13-21-37)48(38-22-16-17-34(46)30-38)35(6-2)26-28-40-33(4)47(36-18-10-8-11-19-36)44-25-15-14-23-41(40)44/h5-27,29-31H,1-2,28H2,3-4H3/b24-7-,35-26+. The van der Waals surface area contributed by atoms with Crippen molar-refractivity contribution in [1.82, 2.24) is 9.13 Å². The number of halogens is 1. The Morgan fingerprint density at radius 2 is 1.35 bits per heavy atom. The van der Waals surface area contributed by atoms with Crippen LogP contribution in [0, 0.1) is 19.7 Å². The van der Waals surface area contributed by atoms with E-state index >= 15 is 0 Å². The highest BCUT2D eigenvalue weighted by molar-refractivity contribution is 5.94. The first kappa shape index (κ1) is 31.5. The van der Waals surface area contributed by atoms with Crippen LogP contribution in [0.25, 0.3) is 39.3 Å². The number of rotatable bonds is 10. The Morgan fingerprint density at radius 1 is 0.694 bits per heavy atom. The van der Waals surface area contributed by atoms with Crippen molar-refractivity contribution in [3.8, 4) is 11.4 Å². The minimum atomic E-state index is -0.294. The zero-order valence-corrected chi connectivity index (χ0v) is 27.9. The molecule has 0 bridgehead atoms. The van der Waals surface area contributed by atoms with E-state index in [2.05, 4.69) is 144 Å². The highest BCUT2D eigenvalue weighted by atomic mass is 19.1. The molecule has 3 nitrogen and oxygen atoms in total. The number of aromatic nitrogens is 2. The van der Waals surface area contributed by atoms with Crippen LogP contribution in [0.5, 0.6) is 0 Å². The monoisotopic (exact) mass is 639 g/mol. The number of hydrogen-bond donors (Lipinski definition) is 0. The van der Waals surface area contributed by atoms with Crippen molar-refractivity contribution in [2.24, 2.45) is 0 Å². The molecule has 0 radical (unpaired) electrons. The SMILES string of the molecule is C=C/C=C\c1c(C)c2cc(N(/C(C=C)=C/Cc3c(C)n(-c4ccccc4)c4ccccc34)c3cccc(F)c3)ccc2n1-c1ccccc1. The van der Waals surface area contributed by atoms with Crippen molar-refractivity contribution >= 4 is 39.3 Å². The first-order valence-corrected chi connectivity index (χ1v) is 16.5. The van der Waals surface area contributed by atoms with E-state index < -0.39 is 0 Å². The Bertz CT molecular complexity index is 2370. The Balaban J connectivity index is 1.38. The Hall–Kier alpha value is -6.13. The summed E-state index contributed by atoms with van der Waals surface area (Å²) in [6.45, 7) is 12.5. The molecule has 0 fully saturated rings. The van der Waals surface area contributed by atoms with Gasteiger partial charge in [-0.2, -0.15) is 0 Å². The Morgan fingerprint density at radius 3 is 2.04 bits per heavy atom. The molecule has 49 heavy (non-hydrogen) atoms. The topological polar surface area (TPSA) is 13.1 Å². The highest BCUT2D eigenvalue weighted by Gasteiger charge is 2.20. The number of para-hydroxylation sites is 3. The maximum atomic E-state index is 14.8. The van der Waals surface area contributed by atoms with Crippen LogP contribution in [0.15, 0.2) is 171 Å². The van der Waals surface area contributed by atoms with Crippen LogP contribution in [-0.4, -0.2) is 9.13 Å². The van der Waals surface area contributed by atoms with Crippen molar-refractivity contribution in [2.75, 3.05) is 4.90 Å². The van der Waals surface area contributed by atoms with Gasteiger partial charge in [0.15, 0.2) is 0 Å². The molecule has 4 heteroatoms. The smallest absolute Gasteiger partial charge is 0.125 e. The molecule has 0 saturated heterocycles. The predicted octanol–water partition coefficient (Wildman–Crippen LogP) is 12.0. The van der Waals surface area contributed by atoms with E-state index in [1.807, 2.05) is 30.4 Å². The van der Waals surface area contributed by atoms with Gasteiger partial charge in [-0.25, -0.2) is 4.39 Å². The molecule has 2 aromatic heterocycles. The minimum Gasteiger partial charge on any atom is -0.314 e. The number of allylic oxidation sites excluding steroid dienone is 4. The third-order valence-electron chi connectivity index (χ3n) is 9.22. The summed E-state index contributed by atoms with van der Waals surface area (Å²) in [5.41, 5.74) is 11.6. The van der Waals surface area contributed by atoms with Crippen molar-refractivity contribution in [3.63, 3.8) is 0 Å². The van der Waals surface area contributed by atoms with E-state index in [0.717, 1.165) is 50.6 Å². The second-order valence-corrected chi connectivity index (χ2v) is 12.1. The second kappa shape index (κ2) is 13.5. The van der Waals surface area contributed by atoms with Crippen molar-refractivity contribution in [1.29, 1.82) is 0 Å². The fraction of sp³-hybridized carbons (Fsp3) is 0.0667. The van der Waals surface area contributed by atoms with E-state index in [-0.39, 0.29) is 5.82 Å². The zero-order chi connectivity index (χ0) is 33.9. The maximum Gasteiger partial charge on any atom is 0.125 e.